The zero-order valence-corrected chi connectivity index (χ0v) is 9.17. The molecule has 0 unspecified atom stereocenters. The molecule has 0 fully saturated rings. The van der Waals surface area contributed by atoms with E-state index in [2.05, 4.69) is 49.8 Å². The van der Waals surface area contributed by atoms with Crippen molar-refractivity contribution in [1.29, 1.82) is 0 Å². The molecule has 0 atom stereocenters. The summed E-state index contributed by atoms with van der Waals surface area (Å²) in [6.07, 6.45) is 4.43. The molecule has 0 spiro atoms. The lowest BCUT2D eigenvalue weighted by Gasteiger charge is -2.34. The fourth-order valence-electron chi connectivity index (χ4n) is 1.75. The Hall–Kier alpha value is -0.920. The van der Waals surface area contributed by atoms with Gasteiger partial charge in [0, 0.05) is 26.7 Å². The van der Waals surface area contributed by atoms with E-state index in [9.17, 15) is 0 Å². The summed E-state index contributed by atoms with van der Waals surface area (Å²) in [5.74, 6) is 1.34. The van der Waals surface area contributed by atoms with Crippen LogP contribution in [-0.2, 0) is 0 Å². The van der Waals surface area contributed by atoms with Gasteiger partial charge in [0.2, 0.25) is 0 Å². The number of rotatable bonds is 3. The fraction of sp³-hybridized carbons (Fsp3) is 0.636. The summed E-state index contributed by atoms with van der Waals surface area (Å²) in [7, 11) is 2.15. The van der Waals surface area contributed by atoms with Crippen LogP contribution in [0.15, 0.2) is 23.5 Å². The Morgan fingerprint density at radius 2 is 1.92 bits per heavy atom. The van der Waals surface area contributed by atoms with Gasteiger partial charge in [-0.25, -0.2) is 0 Å². The Morgan fingerprint density at radius 1 is 1.31 bits per heavy atom. The van der Waals surface area contributed by atoms with E-state index < -0.39 is 0 Å². The van der Waals surface area contributed by atoms with Crippen LogP contribution in [0.3, 0.4) is 0 Å². The third-order valence-corrected chi connectivity index (χ3v) is 2.48. The van der Waals surface area contributed by atoms with Crippen LogP contribution < -0.4 is 0 Å². The topological polar surface area (TPSA) is 6.48 Å². The highest BCUT2D eigenvalue weighted by molar-refractivity contribution is 5.22. The molecular formula is C11H20N2. The van der Waals surface area contributed by atoms with Crippen molar-refractivity contribution in [2.45, 2.75) is 20.8 Å². The molecule has 0 aromatic rings. The maximum atomic E-state index is 2.38. The van der Waals surface area contributed by atoms with E-state index >= 15 is 0 Å². The van der Waals surface area contributed by atoms with Crippen molar-refractivity contribution >= 4 is 0 Å². The van der Waals surface area contributed by atoms with E-state index in [0.29, 0.717) is 0 Å². The standard InChI is InChI=1S/C11H20N2/c1-5-13(6-2)11-8-7-10(3)9-12(11)4/h7-8H,5-6,9H2,1-4H3. The van der Waals surface area contributed by atoms with Crippen molar-refractivity contribution in [3.63, 3.8) is 0 Å². The highest BCUT2D eigenvalue weighted by Gasteiger charge is 2.13. The first kappa shape index (κ1) is 10.2. The fourth-order valence-corrected chi connectivity index (χ4v) is 1.75. The van der Waals surface area contributed by atoms with Crippen LogP contribution in [0.2, 0.25) is 0 Å². The molecule has 0 aromatic heterocycles. The average Bonchev–Trinajstić information content (AvgIpc) is 2.10. The summed E-state index contributed by atoms with van der Waals surface area (Å²) < 4.78 is 0. The van der Waals surface area contributed by atoms with Crippen LogP contribution in [0.4, 0.5) is 0 Å². The molecule has 2 heteroatoms. The summed E-state index contributed by atoms with van der Waals surface area (Å²) in [6.45, 7) is 9.79. The Kier molecular flexibility index (Phi) is 3.40. The summed E-state index contributed by atoms with van der Waals surface area (Å²) >= 11 is 0. The van der Waals surface area contributed by atoms with Crippen molar-refractivity contribution < 1.29 is 0 Å². The highest BCUT2D eigenvalue weighted by atomic mass is 15.3. The van der Waals surface area contributed by atoms with Gasteiger partial charge in [-0.05, 0) is 26.8 Å². The van der Waals surface area contributed by atoms with E-state index in [1.54, 1.807) is 0 Å². The molecule has 0 saturated carbocycles. The molecular weight excluding hydrogens is 160 g/mol. The molecule has 0 saturated heterocycles. The van der Waals surface area contributed by atoms with Crippen LogP contribution in [0, 0.1) is 0 Å². The third kappa shape index (κ3) is 2.27. The maximum absolute atomic E-state index is 2.38. The van der Waals surface area contributed by atoms with Gasteiger partial charge >= 0.3 is 0 Å². The van der Waals surface area contributed by atoms with Gasteiger partial charge in [-0.3, -0.25) is 0 Å². The molecule has 13 heavy (non-hydrogen) atoms. The number of allylic oxidation sites excluding steroid dienone is 2. The van der Waals surface area contributed by atoms with Crippen molar-refractivity contribution in [2.75, 3.05) is 26.7 Å². The minimum absolute atomic E-state index is 1.06. The van der Waals surface area contributed by atoms with E-state index in [4.69, 9.17) is 0 Å². The minimum atomic E-state index is 1.06. The highest BCUT2D eigenvalue weighted by Crippen LogP contribution is 2.15. The molecule has 0 radical (unpaired) electrons. The van der Waals surface area contributed by atoms with Gasteiger partial charge in [0.1, 0.15) is 5.82 Å². The Bertz CT molecular complexity index is 224. The van der Waals surface area contributed by atoms with E-state index in [1.165, 1.54) is 11.4 Å². The molecule has 1 rings (SSSR count). The van der Waals surface area contributed by atoms with Gasteiger partial charge < -0.3 is 9.80 Å². The molecule has 1 heterocycles. The minimum Gasteiger partial charge on any atom is -0.359 e. The van der Waals surface area contributed by atoms with Crippen LogP contribution in [-0.4, -0.2) is 36.5 Å². The number of hydrogen-bond acceptors (Lipinski definition) is 2. The number of nitrogens with zero attached hydrogens (tertiary/aromatic N) is 2. The van der Waals surface area contributed by atoms with Gasteiger partial charge in [-0.15, -0.1) is 0 Å². The molecule has 0 N–H and O–H groups in total. The Morgan fingerprint density at radius 3 is 2.38 bits per heavy atom. The van der Waals surface area contributed by atoms with E-state index in [-0.39, 0.29) is 0 Å². The maximum Gasteiger partial charge on any atom is 0.104 e. The molecule has 0 aromatic carbocycles. The lowest BCUT2D eigenvalue weighted by atomic mass is 10.2. The van der Waals surface area contributed by atoms with Crippen molar-refractivity contribution in [3.8, 4) is 0 Å². The second-order valence-electron chi connectivity index (χ2n) is 3.57. The molecule has 74 valence electrons. The quantitative estimate of drug-likeness (QED) is 0.656. The SMILES string of the molecule is CCN(CC)C1=CC=C(C)CN1C. The predicted octanol–water partition coefficient (Wildman–Crippen LogP) is 2.06. The summed E-state index contributed by atoms with van der Waals surface area (Å²) in [6, 6.07) is 0. The molecule has 1 aliphatic heterocycles. The second-order valence-corrected chi connectivity index (χ2v) is 3.57. The zero-order chi connectivity index (χ0) is 9.84. The largest absolute Gasteiger partial charge is 0.359 e. The summed E-state index contributed by atoms with van der Waals surface area (Å²) in [5, 5.41) is 0. The summed E-state index contributed by atoms with van der Waals surface area (Å²) in [4.78, 5) is 4.69. The van der Waals surface area contributed by atoms with Crippen molar-refractivity contribution in [1.82, 2.24) is 9.80 Å². The Balaban J connectivity index is 2.77. The lowest BCUT2D eigenvalue weighted by molar-refractivity contribution is 0.258. The molecule has 2 nitrogen and oxygen atoms in total. The van der Waals surface area contributed by atoms with E-state index in [0.717, 1.165) is 19.6 Å². The first-order valence-corrected chi connectivity index (χ1v) is 5.02. The average molecular weight is 180 g/mol. The predicted molar refractivity (Wildman–Crippen MR) is 57.4 cm³/mol. The first-order chi connectivity index (χ1) is 6.19. The number of hydrogen-bond donors (Lipinski definition) is 0. The third-order valence-electron chi connectivity index (χ3n) is 2.48. The molecule has 1 aliphatic rings. The van der Waals surface area contributed by atoms with Crippen LogP contribution in [0.5, 0.6) is 0 Å². The van der Waals surface area contributed by atoms with Crippen LogP contribution in [0.25, 0.3) is 0 Å². The van der Waals surface area contributed by atoms with Gasteiger partial charge in [0.05, 0.1) is 0 Å². The smallest absolute Gasteiger partial charge is 0.104 e. The second kappa shape index (κ2) is 4.35. The van der Waals surface area contributed by atoms with Crippen molar-refractivity contribution in [2.24, 2.45) is 0 Å². The molecule has 0 amide bonds. The number of likely N-dealkylation sites (N-methyl/N-ethyl adjacent to an activating group) is 1. The zero-order valence-electron chi connectivity index (χ0n) is 9.17. The summed E-state index contributed by atoms with van der Waals surface area (Å²) in [5.41, 5.74) is 1.43. The van der Waals surface area contributed by atoms with Crippen molar-refractivity contribution in [3.05, 3.63) is 23.5 Å². The van der Waals surface area contributed by atoms with E-state index in [1.807, 2.05) is 0 Å². The molecule has 0 aliphatic carbocycles. The van der Waals surface area contributed by atoms with Gasteiger partial charge in [-0.1, -0.05) is 11.6 Å². The van der Waals surface area contributed by atoms with Gasteiger partial charge in [0.15, 0.2) is 0 Å². The lowest BCUT2D eigenvalue weighted by Crippen LogP contribution is -2.35. The Labute approximate surface area is 81.5 Å². The van der Waals surface area contributed by atoms with Crippen LogP contribution >= 0.6 is 0 Å². The molecule has 0 bridgehead atoms. The van der Waals surface area contributed by atoms with Gasteiger partial charge in [-0.2, -0.15) is 0 Å². The first-order valence-electron chi connectivity index (χ1n) is 5.02. The monoisotopic (exact) mass is 180 g/mol. The normalized spacial score (nSPS) is 16.8. The van der Waals surface area contributed by atoms with Crippen LogP contribution in [0.1, 0.15) is 20.8 Å². The van der Waals surface area contributed by atoms with Gasteiger partial charge in [0.25, 0.3) is 0 Å².